The monoisotopic (exact) mass is 265 g/mol. The average Bonchev–Trinajstić information content (AvgIpc) is 2.94. The lowest BCUT2D eigenvalue weighted by Crippen LogP contribution is -2.06. The molecule has 0 radical (unpaired) electrons. The van der Waals surface area contributed by atoms with Crippen LogP contribution < -0.4 is 5.73 Å². The molecule has 20 heavy (non-hydrogen) atoms. The fourth-order valence-corrected chi connectivity index (χ4v) is 2.05. The highest BCUT2D eigenvalue weighted by atomic mass is 16.4. The third-order valence-electron chi connectivity index (χ3n) is 3.03. The highest BCUT2D eigenvalue weighted by Gasteiger charge is 2.18. The molecule has 0 bridgehead atoms. The number of benzene rings is 1. The number of oxazole rings is 1. The van der Waals surface area contributed by atoms with Crippen molar-refractivity contribution in [3.05, 3.63) is 60.6 Å². The van der Waals surface area contributed by atoms with E-state index in [0.717, 1.165) is 16.8 Å². The van der Waals surface area contributed by atoms with Gasteiger partial charge < -0.3 is 10.2 Å². The molecule has 2 heterocycles. The molecule has 3 aromatic rings. The summed E-state index contributed by atoms with van der Waals surface area (Å²) in [6.45, 7) is 1.90. The third-order valence-corrected chi connectivity index (χ3v) is 3.03. The molecule has 0 saturated heterocycles. The van der Waals surface area contributed by atoms with Crippen LogP contribution in [0.2, 0.25) is 0 Å². The van der Waals surface area contributed by atoms with E-state index in [1.54, 1.807) is 12.4 Å². The second-order valence-corrected chi connectivity index (χ2v) is 4.63. The minimum Gasteiger partial charge on any atom is -0.436 e. The van der Waals surface area contributed by atoms with Crippen molar-refractivity contribution in [3.8, 4) is 22.8 Å². The van der Waals surface area contributed by atoms with Gasteiger partial charge in [-0.05, 0) is 31.2 Å². The molecule has 0 aliphatic rings. The van der Waals surface area contributed by atoms with Crippen molar-refractivity contribution in [3.63, 3.8) is 0 Å². The summed E-state index contributed by atoms with van der Waals surface area (Å²) in [5.74, 6) is 1.27. The summed E-state index contributed by atoms with van der Waals surface area (Å²) < 4.78 is 5.92. The van der Waals surface area contributed by atoms with Gasteiger partial charge in [-0.3, -0.25) is 4.98 Å². The maximum atomic E-state index is 6.00. The Morgan fingerprint density at radius 3 is 2.45 bits per heavy atom. The summed E-state index contributed by atoms with van der Waals surface area (Å²) in [5.41, 5.74) is 8.57. The van der Waals surface area contributed by atoms with Gasteiger partial charge in [-0.1, -0.05) is 18.2 Å². The molecule has 0 fully saturated rings. The van der Waals surface area contributed by atoms with E-state index in [1.165, 1.54) is 0 Å². The zero-order valence-corrected chi connectivity index (χ0v) is 11.2. The van der Waals surface area contributed by atoms with Crippen LogP contribution in [0.25, 0.3) is 22.8 Å². The molecule has 0 amide bonds. The number of rotatable bonds is 3. The van der Waals surface area contributed by atoms with Gasteiger partial charge in [0.25, 0.3) is 0 Å². The molecule has 1 unspecified atom stereocenters. The molecule has 4 heteroatoms. The largest absolute Gasteiger partial charge is 0.436 e. The second-order valence-electron chi connectivity index (χ2n) is 4.63. The molecule has 1 aromatic carbocycles. The Morgan fingerprint density at radius 2 is 1.80 bits per heavy atom. The first-order valence-corrected chi connectivity index (χ1v) is 6.48. The van der Waals surface area contributed by atoms with Crippen LogP contribution in [-0.4, -0.2) is 9.97 Å². The minimum absolute atomic E-state index is 0.202. The second kappa shape index (κ2) is 5.27. The molecule has 1 atom stereocenters. The average molecular weight is 265 g/mol. The first-order valence-electron chi connectivity index (χ1n) is 6.48. The molecular weight excluding hydrogens is 250 g/mol. The van der Waals surface area contributed by atoms with Crippen LogP contribution in [0.3, 0.4) is 0 Å². The summed E-state index contributed by atoms with van der Waals surface area (Å²) in [6.07, 6.45) is 3.48. The van der Waals surface area contributed by atoms with Gasteiger partial charge in [0.1, 0.15) is 5.69 Å². The predicted octanol–water partition coefficient (Wildman–Crippen LogP) is 3.42. The van der Waals surface area contributed by atoms with E-state index in [-0.39, 0.29) is 6.04 Å². The van der Waals surface area contributed by atoms with Crippen LogP contribution in [0.4, 0.5) is 0 Å². The van der Waals surface area contributed by atoms with Gasteiger partial charge >= 0.3 is 0 Å². The van der Waals surface area contributed by atoms with Gasteiger partial charge in [-0.25, -0.2) is 4.98 Å². The number of nitrogens with zero attached hydrogens (tertiary/aromatic N) is 2. The topological polar surface area (TPSA) is 64.9 Å². The number of nitrogens with two attached hydrogens (primary N) is 1. The van der Waals surface area contributed by atoms with Crippen molar-refractivity contribution in [2.24, 2.45) is 5.73 Å². The standard InChI is InChI=1S/C16H15N3O/c1-11(17)14-15(13-8-5-9-18-10-13)20-16(19-14)12-6-3-2-4-7-12/h2-11H,17H2,1H3. The maximum absolute atomic E-state index is 6.00. The number of hydrogen-bond donors (Lipinski definition) is 1. The first kappa shape index (κ1) is 12.6. The zero-order valence-electron chi connectivity index (χ0n) is 11.2. The quantitative estimate of drug-likeness (QED) is 0.788. The molecule has 100 valence electrons. The summed E-state index contributed by atoms with van der Waals surface area (Å²) in [6, 6.07) is 13.4. The van der Waals surface area contributed by atoms with Crippen LogP contribution in [0.1, 0.15) is 18.7 Å². The van der Waals surface area contributed by atoms with E-state index in [4.69, 9.17) is 10.2 Å². The summed E-state index contributed by atoms with van der Waals surface area (Å²) in [4.78, 5) is 8.65. The van der Waals surface area contributed by atoms with Crippen LogP contribution in [0, 0.1) is 0 Å². The minimum atomic E-state index is -0.202. The van der Waals surface area contributed by atoms with Crippen LogP contribution in [-0.2, 0) is 0 Å². The molecule has 0 aliphatic carbocycles. The number of hydrogen-bond acceptors (Lipinski definition) is 4. The molecule has 4 nitrogen and oxygen atoms in total. The molecule has 0 saturated carbocycles. The lowest BCUT2D eigenvalue weighted by Gasteiger charge is -2.02. The fraction of sp³-hybridized carbons (Fsp3) is 0.125. The Labute approximate surface area is 117 Å². The Hall–Kier alpha value is -2.46. The maximum Gasteiger partial charge on any atom is 0.227 e. The zero-order chi connectivity index (χ0) is 13.9. The Morgan fingerprint density at radius 1 is 1.05 bits per heavy atom. The molecule has 2 aromatic heterocycles. The number of pyridine rings is 1. The van der Waals surface area contributed by atoms with E-state index in [0.29, 0.717) is 11.7 Å². The normalized spacial score (nSPS) is 12.3. The smallest absolute Gasteiger partial charge is 0.227 e. The van der Waals surface area contributed by atoms with Crippen LogP contribution in [0.15, 0.2) is 59.3 Å². The Balaban J connectivity index is 2.13. The van der Waals surface area contributed by atoms with Gasteiger partial charge in [0.05, 0.1) is 0 Å². The van der Waals surface area contributed by atoms with E-state index < -0.39 is 0 Å². The summed E-state index contributed by atoms with van der Waals surface area (Å²) in [7, 11) is 0. The highest BCUT2D eigenvalue weighted by Crippen LogP contribution is 2.31. The first-order chi connectivity index (χ1) is 9.75. The number of aromatic nitrogens is 2. The SMILES string of the molecule is CC(N)c1nc(-c2ccccc2)oc1-c1cccnc1. The third kappa shape index (κ3) is 2.33. The summed E-state index contributed by atoms with van der Waals surface area (Å²) >= 11 is 0. The van der Waals surface area contributed by atoms with Crippen molar-refractivity contribution in [2.45, 2.75) is 13.0 Å². The van der Waals surface area contributed by atoms with Crippen LogP contribution in [0.5, 0.6) is 0 Å². The molecule has 2 N–H and O–H groups in total. The summed E-state index contributed by atoms with van der Waals surface area (Å²) in [5, 5.41) is 0. The molecular formula is C16H15N3O. The van der Waals surface area contributed by atoms with Crippen molar-refractivity contribution < 1.29 is 4.42 Å². The van der Waals surface area contributed by atoms with E-state index in [1.807, 2.05) is 49.4 Å². The fourth-order valence-electron chi connectivity index (χ4n) is 2.05. The lowest BCUT2D eigenvalue weighted by molar-refractivity contribution is 0.585. The highest BCUT2D eigenvalue weighted by molar-refractivity contribution is 5.63. The van der Waals surface area contributed by atoms with Gasteiger partial charge in [-0.2, -0.15) is 0 Å². The van der Waals surface area contributed by atoms with Crippen molar-refractivity contribution in [2.75, 3.05) is 0 Å². The van der Waals surface area contributed by atoms with E-state index in [9.17, 15) is 0 Å². The van der Waals surface area contributed by atoms with E-state index in [2.05, 4.69) is 9.97 Å². The van der Waals surface area contributed by atoms with Gasteiger partial charge in [0, 0.05) is 29.6 Å². The Bertz CT molecular complexity index is 690. The van der Waals surface area contributed by atoms with Crippen molar-refractivity contribution in [1.29, 1.82) is 0 Å². The van der Waals surface area contributed by atoms with Crippen molar-refractivity contribution >= 4 is 0 Å². The van der Waals surface area contributed by atoms with E-state index >= 15 is 0 Å². The molecule has 0 aliphatic heterocycles. The Kier molecular flexibility index (Phi) is 3.31. The van der Waals surface area contributed by atoms with Gasteiger partial charge in [-0.15, -0.1) is 0 Å². The van der Waals surface area contributed by atoms with Gasteiger partial charge in [0.2, 0.25) is 5.89 Å². The molecule has 0 spiro atoms. The lowest BCUT2D eigenvalue weighted by atomic mass is 10.1. The van der Waals surface area contributed by atoms with Crippen molar-refractivity contribution in [1.82, 2.24) is 9.97 Å². The molecule has 3 rings (SSSR count). The predicted molar refractivity (Wildman–Crippen MR) is 77.8 cm³/mol. The van der Waals surface area contributed by atoms with Gasteiger partial charge in [0.15, 0.2) is 5.76 Å². The van der Waals surface area contributed by atoms with Crippen LogP contribution >= 0.6 is 0 Å².